The molecule has 1 fully saturated rings. The molecule has 1 atom stereocenters. The molecule has 146 valence electrons. The lowest BCUT2D eigenvalue weighted by molar-refractivity contribution is 0.0491. The summed E-state index contributed by atoms with van der Waals surface area (Å²) in [6.07, 6.45) is 0.744. The first-order valence-corrected chi connectivity index (χ1v) is 9.76. The standard InChI is InChI=1S/C22H30N2O3/c1-2-27-22-10-6-4-8-19(22)16-24-13-12-23(17-20(24)11-14-25)15-18-7-3-5-9-21(18)26/h3-10,20,25-26H,2,11-17H2,1H3/t20-/m0/s1. The van der Waals surface area contributed by atoms with Crippen molar-refractivity contribution < 1.29 is 14.9 Å². The maximum atomic E-state index is 10.0. The molecule has 0 unspecified atom stereocenters. The number of benzene rings is 2. The highest BCUT2D eigenvalue weighted by molar-refractivity contribution is 5.33. The molecule has 1 aliphatic heterocycles. The van der Waals surface area contributed by atoms with Crippen LogP contribution in [0.25, 0.3) is 0 Å². The van der Waals surface area contributed by atoms with E-state index in [0.717, 1.165) is 50.5 Å². The Morgan fingerprint density at radius 1 is 1.00 bits per heavy atom. The van der Waals surface area contributed by atoms with Gasteiger partial charge in [0.1, 0.15) is 11.5 Å². The fourth-order valence-electron chi connectivity index (χ4n) is 3.77. The lowest BCUT2D eigenvalue weighted by atomic mass is 10.1. The van der Waals surface area contributed by atoms with Gasteiger partial charge in [-0.15, -0.1) is 0 Å². The Kier molecular flexibility index (Phi) is 7.10. The summed E-state index contributed by atoms with van der Waals surface area (Å²) in [7, 11) is 0. The molecule has 2 aromatic rings. The molecule has 1 saturated heterocycles. The van der Waals surface area contributed by atoms with Crippen LogP contribution < -0.4 is 4.74 Å². The van der Waals surface area contributed by atoms with Crippen molar-refractivity contribution in [2.24, 2.45) is 0 Å². The van der Waals surface area contributed by atoms with E-state index in [1.165, 1.54) is 5.56 Å². The summed E-state index contributed by atoms with van der Waals surface area (Å²) in [5, 5.41) is 19.6. The number of phenolic OH excluding ortho intramolecular Hbond substituents is 1. The number of aliphatic hydroxyl groups is 1. The average Bonchev–Trinajstić information content (AvgIpc) is 2.67. The van der Waals surface area contributed by atoms with E-state index < -0.39 is 0 Å². The Labute approximate surface area is 161 Å². The van der Waals surface area contributed by atoms with Crippen molar-refractivity contribution in [3.05, 3.63) is 59.7 Å². The van der Waals surface area contributed by atoms with Crippen LogP contribution in [0.4, 0.5) is 0 Å². The summed E-state index contributed by atoms with van der Waals surface area (Å²) in [4.78, 5) is 4.80. The van der Waals surface area contributed by atoms with Gasteiger partial charge in [-0.25, -0.2) is 0 Å². The van der Waals surface area contributed by atoms with Crippen molar-refractivity contribution in [3.63, 3.8) is 0 Å². The molecule has 2 N–H and O–H groups in total. The molecule has 3 rings (SSSR count). The number of piperazine rings is 1. The Morgan fingerprint density at radius 2 is 1.74 bits per heavy atom. The lowest BCUT2D eigenvalue weighted by Crippen LogP contribution is -2.52. The molecular formula is C22H30N2O3. The molecule has 2 aromatic carbocycles. The highest BCUT2D eigenvalue weighted by Crippen LogP contribution is 2.25. The van der Waals surface area contributed by atoms with Gasteiger partial charge in [0.2, 0.25) is 0 Å². The highest BCUT2D eigenvalue weighted by Gasteiger charge is 2.27. The van der Waals surface area contributed by atoms with Crippen molar-refractivity contribution in [1.29, 1.82) is 0 Å². The predicted octanol–water partition coefficient (Wildman–Crippen LogP) is 2.86. The first-order valence-electron chi connectivity index (χ1n) is 9.76. The fourth-order valence-corrected chi connectivity index (χ4v) is 3.77. The summed E-state index contributed by atoms with van der Waals surface area (Å²) >= 11 is 0. The predicted molar refractivity (Wildman–Crippen MR) is 107 cm³/mol. The minimum atomic E-state index is 0.179. The Balaban J connectivity index is 1.67. The molecule has 27 heavy (non-hydrogen) atoms. The van der Waals surface area contributed by atoms with E-state index in [9.17, 15) is 10.2 Å². The number of para-hydroxylation sites is 2. The molecule has 0 spiro atoms. The van der Waals surface area contributed by atoms with E-state index in [-0.39, 0.29) is 12.6 Å². The Morgan fingerprint density at radius 3 is 2.48 bits per heavy atom. The number of phenols is 1. The van der Waals surface area contributed by atoms with Crippen LogP contribution in [0.15, 0.2) is 48.5 Å². The minimum absolute atomic E-state index is 0.179. The van der Waals surface area contributed by atoms with Gasteiger partial charge in [-0.3, -0.25) is 9.80 Å². The molecule has 5 heteroatoms. The molecule has 0 aliphatic carbocycles. The van der Waals surface area contributed by atoms with Crippen LogP contribution in [0.5, 0.6) is 11.5 Å². The normalized spacial score (nSPS) is 18.5. The summed E-state index contributed by atoms with van der Waals surface area (Å²) in [6, 6.07) is 16.0. The second-order valence-electron chi connectivity index (χ2n) is 7.04. The molecule has 0 aromatic heterocycles. The Bertz CT molecular complexity index is 722. The van der Waals surface area contributed by atoms with Crippen molar-refractivity contribution in [2.45, 2.75) is 32.5 Å². The summed E-state index contributed by atoms with van der Waals surface area (Å²) < 4.78 is 5.77. The van der Waals surface area contributed by atoms with Crippen molar-refractivity contribution in [1.82, 2.24) is 9.80 Å². The lowest BCUT2D eigenvalue weighted by Gasteiger charge is -2.41. The third-order valence-corrected chi connectivity index (χ3v) is 5.18. The minimum Gasteiger partial charge on any atom is -0.508 e. The van der Waals surface area contributed by atoms with Gasteiger partial charge in [-0.2, -0.15) is 0 Å². The topological polar surface area (TPSA) is 56.2 Å². The number of aliphatic hydroxyl groups excluding tert-OH is 1. The van der Waals surface area contributed by atoms with Crippen LogP contribution in [0.3, 0.4) is 0 Å². The van der Waals surface area contributed by atoms with Crippen LogP contribution in [0.2, 0.25) is 0 Å². The van der Waals surface area contributed by atoms with E-state index >= 15 is 0 Å². The summed E-state index contributed by atoms with van der Waals surface area (Å²) in [5.41, 5.74) is 2.15. The van der Waals surface area contributed by atoms with Crippen LogP contribution in [0.1, 0.15) is 24.5 Å². The van der Waals surface area contributed by atoms with Gasteiger partial charge in [-0.1, -0.05) is 36.4 Å². The van der Waals surface area contributed by atoms with E-state index in [1.54, 1.807) is 6.07 Å². The molecule has 1 aliphatic rings. The van der Waals surface area contributed by atoms with E-state index in [1.807, 2.05) is 43.3 Å². The molecule has 0 amide bonds. The van der Waals surface area contributed by atoms with E-state index in [4.69, 9.17) is 4.74 Å². The van der Waals surface area contributed by atoms with Gasteiger partial charge in [-0.05, 0) is 25.5 Å². The second kappa shape index (κ2) is 9.74. The van der Waals surface area contributed by atoms with Crippen LogP contribution in [-0.4, -0.2) is 58.9 Å². The van der Waals surface area contributed by atoms with Crippen LogP contribution in [0, 0.1) is 0 Å². The number of aromatic hydroxyl groups is 1. The maximum Gasteiger partial charge on any atom is 0.123 e. The molecule has 5 nitrogen and oxygen atoms in total. The quantitative estimate of drug-likeness (QED) is 0.748. The fraction of sp³-hybridized carbons (Fsp3) is 0.455. The van der Waals surface area contributed by atoms with Crippen LogP contribution >= 0.6 is 0 Å². The summed E-state index contributed by atoms with van der Waals surface area (Å²) in [6.45, 7) is 7.15. The number of nitrogens with zero attached hydrogens (tertiary/aromatic N) is 2. The number of rotatable bonds is 8. The second-order valence-corrected chi connectivity index (χ2v) is 7.04. The third kappa shape index (κ3) is 5.22. The smallest absolute Gasteiger partial charge is 0.123 e. The van der Waals surface area contributed by atoms with Gasteiger partial charge < -0.3 is 14.9 Å². The zero-order valence-corrected chi connectivity index (χ0v) is 16.1. The first-order chi connectivity index (χ1) is 13.2. The van der Waals surface area contributed by atoms with Crippen molar-refractivity contribution >= 4 is 0 Å². The third-order valence-electron chi connectivity index (χ3n) is 5.18. The van der Waals surface area contributed by atoms with Crippen molar-refractivity contribution in [3.8, 4) is 11.5 Å². The number of ether oxygens (including phenoxy) is 1. The monoisotopic (exact) mass is 370 g/mol. The molecule has 0 radical (unpaired) electrons. The van der Waals surface area contributed by atoms with E-state index in [0.29, 0.717) is 12.4 Å². The van der Waals surface area contributed by atoms with Gasteiger partial charge >= 0.3 is 0 Å². The largest absolute Gasteiger partial charge is 0.508 e. The molecule has 1 heterocycles. The first kappa shape index (κ1) is 19.7. The zero-order chi connectivity index (χ0) is 19.1. The van der Waals surface area contributed by atoms with Gasteiger partial charge in [0.15, 0.2) is 0 Å². The number of hydrogen-bond acceptors (Lipinski definition) is 5. The van der Waals surface area contributed by atoms with Crippen molar-refractivity contribution in [2.75, 3.05) is 32.8 Å². The maximum absolute atomic E-state index is 10.0. The SMILES string of the molecule is CCOc1ccccc1CN1CCN(Cc2ccccc2O)C[C@@H]1CCO. The van der Waals surface area contributed by atoms with Gasteiger partial charge in [0.05, 0.1) is 6.61 Å². The average molecular weight is 370 g/mol. The zero-order valence-electron chi connectivity index (χ0n) is 16.1. The summed E-state index contributed by atoms with van der Waals surface area (Å²) in [5.74, 6) is 1.30. The molecular weight excluding hydrogens is 340 g/mol. The van der Waals surface area contributed by atoms with Crippen LogP contribution in [-0.2, 0) is 13.1 Å². The number of hydrogen-bond donors (Lipinski definition) is 2. The highest BCUT2D eigenvalue weighted by atomic mass is 16.5. The van der Waals surface area contributed by atoms with E-state index in [2.05, 4.69) is 15.9 Å². The molecule has 0 saturated carbocycles. The Hall–Kier alpha value is -2.08. The van der Waals surface area contributed by atoms with Gasteiger partial charge in [0, 0.05) is 56.5 Å². The molecule has 0 bridgehead atoms. The van der Waals surface area contributed by atoms with Gasteiger partial charge in [0.25, 0.3) is 0 Å².